The van der Waals surface area contributed by atoms with Gasteiger partial charge in [0.2, 0.25) is 0 Å². The van der Waals surface area contributed by atoms with Gasteiger partial charge in [-0.1, -0.05) is 36.4 Å². The van der Waals surface area contributed by atoms with E-state index in [4.69, 9.17) is 4.74 Å². The molecule has 0 spiro atoms. The molecule has 3 heteroatoms. The molecule has 1 N–H and O–H groups in total. The quantitative estimate of drug-likeness (QED) is 0.936. The van der Waals surface area contributed by atoms with Crippen molar-refractivity contribution in [2.24, 2.45) is 0 Å². The Morgan fingerprint density at radius 3 is 2.77 bits per heavy atom. The highest BCUT2D eigenvalue weighted by Crippen LogP contribution is 2.27. The smallest absolute Gasteiger partial charge is 0.119 e. The zero-order chi connectivity index (χ0) is 15.4. The van der Waals surface area contributed by atoms with Gasteiger partial charge in [0.05, 0.1) is 6.54 Å². The van der Waals surface area contributed by atoms with E-state index in [0.29, 0.717) is 12.6 Å². The van der Waals surface area contributed by atoms with Crippen molar-refractivity contribution >= 4 is 5.69 Å². The van der Waals surface area contributed by atoms with Gasteiger partial charge in [-0.2, -0.15) is 0 Å². The molecule has 22 heavy (non-hydrogen) atoms. The van der Waals surface area contributed by atoms with Gasteiger partial charge in [-0.15, -0.1) is 0 Å². The van der Waals surface area contributed by atoms with Crippen molar-refractivity contribution in [1.82, 2.24) is 5.32 Å². The van der Waals surface area contributed by atoms with Gasteiger partial charge < -0.3 is 15.0 Å². The first-order valence-corrected chi connectivity index (χ1v) is 7.98. The van der Waals surface area contributed by atoms with Gasteiger partial charge in [0.1, 0.15) is 12.4 Å². The van der Waals surface area contributed by atoms with Crippen LogP contribution in [0.2, 0.25) is 0 Å². The Hall–Kier alpha value is -2.00. The summed E-state index contributed by atoms with van der Waals surface area (Å²) in [6, 6.07) is 17.1. The zero-order valence-electron chi connectivity index (χ0n) is 13.4. The molecule has 0 bridgehead atoms. The summed E-state index contributed by atoms with van der Waals surface area (Å²) in [5.74, 6) is 0.938. The lowest BCUT2D eigenvalue weighted by Gasteiger charge is -2.28. The van der Waals surface area contributed by atoms with Crippen LogP contribution in [-0.4, -0.2) is 25.7 Å². The van der Waals surface area contributed by atoms with E-state index in [1.165, 1.54) is 16.8 Å². The highest BCUT2D eigenvalue weighted by molar-refractivity contribution is 5.60. The summed E-state index contributed by atoms with van der Waals surface area (Å²) in [7, 11) is 0. The van der Waals surface area contributed by atoms with Crippen LogP contribution in [0.4, 0.5) is 5.69 Å². The van der Waals surface area contributed by atoms with Gasteiger partial charge in [0.15, 0.2) is 0 Å². The minimum atomic E-state index is 0.475. The Labute approximate surface area is 132 Å². The Bertz CT molecular complexity index is 612. The fourth-order valence-corrected chi connectivity index (χ4v) is 3.08. The number of ether oxygens (including phenoxy) is 1. The molecule has 116 valence electrons. The fraction of sp³-hybridized carbons (Fsp3) is 0.368. The van der Waals surface area contributed by atoms with E-state index in [0.717, 1.165) is 25.4 Å². The van der Waals surface area contributed by atoms with E-state index >= 15 is 0 Å². The van der Waals surface area contributed by atoms with Crippen LogP contribution in [0.3, 0.4) is 0 Å². The van der Waals surface area contributed by atoms with Crippen LogP contribution in [0, 0.1) is 6.92 Å². The highest BCUT2D eigenvalue weighted by atomic mass is 16.5. The predicted octanol–water partition coefficient (Wildman–Crippen LogP) is 3.37. The number of hydrogen-bond donors (Lipinski definition) is 1. The molecule has 2 aromatic carbocycles. The number of aryl methyl sites for hydroxylation is 1. The van der Waals surface area contributed by atoms with Crippen LogP contribution >= 0.6 is 0 Å². The van der Waals surface area contributed by atoms with E-state index in [9.17, 15) is 0 Å². The molecule has 0 amide bonds. The highest BCUT2D eigenvalue weighted by Gasteiger charge is 2.20. The van der Waals surface area contributed by atoms with E-state index in [2.05, 4.69) is 42.3 Å². The van der Waals surface area contributed by atoms with Gasteiger partial charge >= 0.3 is 0 Å². The summed E-state index contributed by atoms with van der Waals surface area (Å²) in [4.78, 5) is 2.46. The Kier molecular flexibility index (Phi) is 4.64. The number of anilines is 1. The fourth-order valence-electron chi connectivity index (χ4n) is 3.08. The summed E-state index contributed by atoms with van der Waals surface area (Å²) in [5, 5.41) is 3.58. The third-order valence-corrected chi connectivity index (χ3v) is 4.15. The molecule has 0 fully saturated rings. The molecular formula is C19H24N2O. The SMILES string of the molecule is Cc1cccc2c1N(CCOc1ccccc1)CC(C)NC2. The van der Waals surface area contributed by atoms with Gasteiger partial charge in [0, 0.05) is 24.8 Å². The Morgan fingerprint density at radius 1 is 1.14 bits per heavy atom. The summed E-state index contributed by atoms with van der Waals surface area (Å²) in [6.07, 6.45) is 0. The molecule has 1 atom stereocenters. The van der Waals surface area contributed by atoms with Gasteiger partial charge in [-0.05, 0) is 37.1 Å². The molecule has 2 aromatic rings. The summed E-state index contributed by atoms with van der Waals surface area (Å²) in [5.41, 5.74) is 4.09. The standard InChI is InChI=1S/C19H24N2O/c1-15-7-6-8-17-13-20-16(2)14-21(19(15)17)11-12-22-18-9-4-3-5-10-18/h3-10,16,20H,11-14H2,1-2H3. The summed E-state index contributed by atoms with van der Waals surface area (Å²) in [6.45, 7) is 7.99. The molecule has 0 saturated carbocycles. The molecule has 0 saturated heterocycles. The number of nitrogens with zero attached hydrogens (tertiary/aromatic N) is 1. The van der Waals surface area contributed by atoms with E-state index in [1.807, 2.05) is 30.3 Å². The Morgan fingerprint density at radius 2 is 1.95 bits per heavy atom. The van der Waals surface area contributed by atoms with Crippen molar-refractivity contribution in [3.63, 3.8) is 0 Å². The Balaban J connectivity index is 1.72. The minimum absolute atomic E-state index is 0.475. The van der Waals surface area contributed by atoms with Crippen LogP contribution in [0.15, 0.2) is 48.5 Å². The molecule has 1 aliphatic rings. The molecular weight excluding hydrogens is 272 g/mol. The van der Waals surface area contributed by atoms with E-state index < -0.39 is 0 Å². The number of nitrogens with one attached hydrogen (secondary N) is 1. The predicted molar refractivity (Wildman–Crippen MR) is 91.6 cm³/mol. The average molecular weight is 296 g/mol. The largest absolute Gasteiger partial charge is 0.492 e. The van der Waals surface area contributed by atoms with Crippen molar-refractivity contribution in [2.45, 2.75) is 26.4 Å². The molecule has 0 aliphatic carbocycles. The summed E-state index contributed by atoms with van der Waals surface area (Å²) >= 11 is 0. The third kappa shape index (κ3) is 3.42. The van der Waals surface area contributed by atoms with Gasteiger partial charge in [-0.3, -0.25) is 0 Å². The molecule has 1 heterocycles. The maximum Gasteiger partial charge on any atom is 0.119 e. The number of benzene rings is 2. The second-order valence-electron chi connectivity index (χ2n) is 5.97. The normalized spacial score (nSPS) is 17.7. The number of fused-ring (bicyclic) bond motifs is 1. The second-order valence-corrected chi connectivity index (χ2v) is 5.97. The van der Waals surface area contributed by atoms with E-state index in [1.54, 1.807) is 0 Å². The van der Waals surface area contributed by atoms with Gasteiger partial charge in [0.25, 0.3) is 0 Å². The van der Waals surface area contributed by atoms with Crippen molar-refractivity contribution in [3.8, 4) is 5.75 Å². The number of hydrogen-bond acceptors (Lipinski definition) is 3. The first kappa shape index (κ1) is 14.9. The van der Waals surface area contributed by atoms with E-state index in [-0.39, 0.29) is 0 Å². The molecule has 0 radical (unpaired) electrons. The number of rotatable bonds is 4. The number of para-hydroxylation sites is 2. The first-order valence-electron chi connectivity index (χ1n) is 7.98. The minimum Gasteiger partial charge on any atom is -0.492 e. The molecule has 1 aliphatic heterocycles. The molecule has 0 aromatic heterocycles. The molecule has 3 rings (SSSR count). The van der Waals surface area contributed by atoms with Crippen LogP contribution < -0.4 is 15.0 Å². The lowest BCUT2D eigenvalue weighted by molar-refractivity contribution is 0.322. The van der Waals surface area contributed by atoms with Crippen LogP contribution in [0.1, 0.15) is 18.1 Å². The monoisotopic (exact) mass is 296 g/mol. The van der Waals surface area contributed by atoms with Crippen molar-refractivity contribution in [1.29, 1.82) is 0 Å². The topological polar surface area (TPSA) is 24.5 Å². The second kappa shape index (κ2) is 6.84. The van der Waals surface area contributed by atoms with Crippen molar-refractivity contribution < 1.29 is 4.74 Å². The summed E-state index contributed by atoms with van der Waals surface area (Å²) < 4.78 is 5.88. The molecule has 1 unspecified atom stereocenters. The molecule has 3 nitrogen and oxygen atoms in total. The maximum atomic E-state index is 5.88. The third-order valence-electron chi connectivity index (χ3n) is 4.15. The van der Waals surface area contributed by atoms with Crippen LogP contribution in [0.25, 0.3) is 0 Å². The first-order chi connectivity index (χ1) is 10.7. The lowest BCUT2D eigenvalue weighted by Crippen LogP contribution is -2.38. The lowest BCUT2D eigenvalue weighted by atomic mass is 10.1. The zero-order valence-corrected chi connectivity index (χ0v) is 13.4. The maximum absolute atomic E-state index is 5.88. The van der Waals surface area contributed by atoms with Crippen molar-refractivity contribution in [2.75, 3.05) is 24.6 Å². The average Bonchev–Trinajstić information content (AvgIpc) is 2.69. The van der Waals surface area contributed by atoms with Crippen LogP contribution in [-0.2, 0) is 6.54 Å². The van der Waals surface area contributed by atoms with Crippen LogP contribution in [0.5, 0.6) is 5.75 Å². The van der Waals surface area contributed by atoms with Gasteiger partial charge in [-0.25, -0.2) is 0 Å². The van der Waals surface area contributed by atoms with Crippen molar-refractivity contribution in [3.05, 3.63) is 59.7 Å².